The van der Waals surface area contributed by atoms with Crippen molar-refractivity contribution in [2.75, 3.05) is 20.2 Å². The van der Waals surface area contributed by atoms with Crippen LogP contribution >= 0.6 is 11.3 Å². The number of aromatic nitrogens is 4. The quantitative estimate of drug-likeness (QED) is 0.542. The Morgan fingerprint density at radius 1 is 1.40 bits per heavy atom. The van der Waals surface area contributed by atoms with Crippen LogP contribution < -0.4 is 4.74 Å². The van der Waals surface area contributed by atoms with E-state index in [1.54, 1.807) is 23.2 Å². The number of piperidine rings is 1. The van der Waals surface area contributed by atoms with E-state index in [1.165, 1.54) is 0 Å². The van der Waals surface area contributed by atoms with Gasteiger partial charge >= 0.3 is 0 Å². The summed E-state index contributed by atoms with van der Waals surface area (Å²) in [6, 6.07) is 9.58. The summed E-state index contributed by atoms with van der Waals surface area (Å²) >= 11 is 1.60. The number of methoxy groups -OCH3 is 1. The molecule has 0 saturated carbocycles. The highest BCUT2D eigenvalue weighted by atomic mass is 32.1. The second-order valence-electron chi connectivity index (χ2n) is 7.42. The number of tetrazole rings is 1. The monoisotopic (exact) mass is 423 g/mol. The van der Waals surface area contributed by atoms with Crippen LogP contribution in [0.1, 0.15) is 28.8 Å². The molecule has 1 fully saturated rings. The van der Waals surface area contributed by atoms with Gasteiger partial charge in [-0.2, -0.15) is 4.80 Å². The minimum absolute atomic E-state index is 0.0542. The highest BCUT2D eigenvalue weighted by molar-refractivity contribution is 7.13. The van der Waals surface area contributed by atoms with E-state index in [4.69, 9.17) is 4.74 Å². The van der Waals surface area contributed by atoms with E-state index in [0.717, 1.165) is 35.6 Å². The van der Waals surface area contributed by atoms with E-state index in [-0.39, 0.29) is 5.91 Å². The second kappa shape index (κ2) is 9.21. The third-order valence-corrected chi connectivity index (χ3v) is 6.18. The SMILES string of the molecule is C=CCc1cc(C(=O)N2CCC[C@@H](Cn3nnc(-c4cccs4)n3)C2)ccc1OC. The van der Waals surface area contributed by atoms with Crippen LogP contribution in [-0.4, -0.2) is 51.2 Å². The predicted octanol–water partition coefficient (Wildman–Crippen LogP) is 3.69. The van der Waals surface area contributed by atoms with Crippen molar-refractivity contribution in [2.45, 2.75) is 25.8 Å². The number of ether oxygens (including phenoxy) is 1. The molecular formula is C22H25N5O2S. The van der Waals surface area contributed by atoms with Crippen LogP contribution in [-0.2, 0) is 13.0 Å². The number of hydrogen-bond acceptors (Lipinski definition) is 6. The van der Waals surface area contributed by atoms with E-state index < -0.39 is 0 Å². The van der Waals surface area contributed by atoms with E-state index in [1.807, 2.05) is 46.7 Å². The summed E-state index contributed by atoms with van der Waals surface area (Å²) in [5, 5.41) is 14.9. The van der Waals surface area contributed by atoms with Crippen molar-refractivity contribution in [3.8, 4) is 16.5 Å². The molecule has 1 atom stereocenters. The maximum absolute atomic E-state index is 13.1. The van der Waals surface area contributed by atoms with Gasteiger partial charge in [0.15, 0.2) is 0 Å². The molecule has 1 aliphatic rings. The van der Waals surface area contributed by atoms with Crippen molar-refractivity contribution >= 4 is 17.2 Å². The average molecular weight is 424 g/mol. The highest BCUT2D eigenvalue weighted by Gasteiger charge is 2.26. The first-order valence-corrected chi connectivity index (χ1v) is 10.9. The molecule has 3 heterocycles. The molecule has 0 spiro atoms. The molecule has 0 bridgehead atoms. The van der Waals surface area contributed by atoms with Crippen molar-refractivity contribution in [2.24, 2.45) is 5.92 Å². The zero-order valence-electron chi connectivity index (χ0n) is 17.0. The minimum atomic E-state index is 0.0542. The van der Waals surface area contributed by atoms with Gasteiger partial charge in [0.1, 0.15) is 5.75 Å². The topological polar surface area (TPSA) is 73.1 Å². The molecule has 0 unspecified atom stereocenters. The van der Waals surface area contributed by atoms with Gasteiger partial charge in [-0.3, -0.25) is 4.79 Å². The van der Waals surface area contributed by atoms with Crippen LogP contribution in [0.5, 0.6) is 5.75 Å². The smallest absolute Gasteiger partial charge is 0.253 e. The molecule has 1 aliphatic heterocycles. The van der Waals surface area contributed by atoms with Crippen molar-refractivity contribution in [3.05, 3.63) is 59.5 Å². The summed E-state index contributed by atoms with van der Waals surface area (Å²) < 4.78 is 5.40. The van der Waals surface area contributed by atoms with Gasteiger partial charge in [-0.25, -0.2) is 0 Å². The van der Waals surface area contributed by atoms with Gasteiger partial charge in [-0.1, -0.05) is 12.1 Å². The molecule has 4 rings (SSSR count). The Morgan fingerprint density at radius 3 is 3.07 bits per heavy atom. The van der Waals surface area contributed by atoms with Gasteiger partial charge in [-0.05, 0) is 65.6 Å². The van der Waals surface area contributed by atoms with Crippen LogP contribution in [0, 0.1) is 5.92 Å². The van der Waals surface area contributed by atoms with Gasteiger partial charge in [0.2, 0.25) is 5.82 Å². The summed E-state index contributed by atoms with van der Waals surface area (Å²) in [7, 11) is 1.64. The largest absolute Gasteiger partial charge is 0.496 e. The molecule has 1 aromatic carbocycles. The van der Waals surface area contributed by atoms with E-state index in [2.05, 4.69) is 22.0 Å². The van der Waals surface area contributed by atoms with Gasteiger partial charge in [0.05, 0.1) is 18.5 Å². The van der Waals surface area contributed by atoms with Crippen LogP contribution in [0.2, 0.25) is 0 Å². The number of allylic oxidation sites excluding steroid dienone is 1. The number of thiophene rings is 1. The number of amides is 1. The fraction of sp³-hybridized carbons (Fsp3) is 0.364. The Labute approximate surface area is 180 Å². The number of hydrogen-bond donors (Lipinski definition) is 0. The average Bonchev–Trinajstić information content (AvgIpc) is 3.46. The van der Waals surface area contributed by atoms with Crippen LogP contribution in [0.3, 0.4) is 0 Å². The third-order valence-electron chi connectivity index (χ3n) is 5.31. The van der Waals surface area contributed by atoms with Crippen LogP contribution in [0.25, 0.3) is 10.7 Å². The maximum Gasteiger partial charge on any atom is 0.253 e. The summed E-state index contributed by atoms with van der Waals surface area (Å²) in [4.78, 5) is 17.7. The van der Waals surface area contributed by atoms with Crippen LogP contribution in [0.15, 0.2) is 48.4 Å². The molecular weight excluding hydrogens is 398 g/mol. The highest BCUT2D eigenvalue weighted by Crippen LogP contribution is 2.25. The first-order chi connectivity index (χ1) is 14.7. The molecule has 7 nitrogen and oxygen atoms in total. The van der Waals surface area contributed by atoms with Crippen molar-refractivity contribution in [1.82, 2.24) is 25.1 Å². The molecule has 0 N–H and O–H groups in total. The third kappa shape index (κ3) is 4.43. The Bertz CT molecular complexity index is 1010. The van der Waals surface area contributed by atoms with E-state index >= 15 is 0 Å². The zero-order valence-corrected chi connectivity index (χ0v) is 17.8. The normalized spacial score (nSPS) is 16.4. The fourth-order valence-electron chi connectivity index (χ4n) is 3.86. The molecule has 30 heavy (non-hydrogen) atoms. The number of likely N-dealkylation sites (tertiary alicyclic amines) is 1. The summed E-state index contributed by atoms with van der Waals surface area (Å²) in [5.74, 6) is 1.79. The van der Waals surface area contributed by atoms with E-state index in [9.17, 15) is 4.79 Å². The lowest BCUT2D eigenvalue weighted by Crippen LogP contribution is -2.41. The molecule has 0 aliphatic carbocycles. The van der Waals surface area contributed by atoms with E-state index in [0.29, 0.717) is 36.8 Å². The van der Waals surface area contributed by atoms with Gasteiger partial charge in [-0.15, -0.1) is 28.1 Å². The summed E-state index contributed by atoms with van der Waals surface area (Å²) in [6.07, 6.45) is 4.50. The fourth-order valence-corrected chi connectivity index (χ4v) is 4.51. The molecule has 2 aromatic heterocycles. The lowest BCUT2D eigenvalue weighted by molar-refractivity contribution is 0.0656. The Kier molecular flexibility index (Phi) is 6.23. The zero-order chi connectivity index (χ0) is 20.9. The molecule has 8 heteroatoms. The number of rotatable bonds is 7. The molecule has 3 aromatic rings. The second-order valence-corrected chi connectivity index (χ2v) is 8.37. The Hall–Kier alpha value is -3.00. The summed E-state index contributed by atoms with van der Waals surface area (Å²) in [6.45, 7) is 5.91. The maximum atomic E-state index is 13.1. The lowest BCUT2D eigenvalue weighted by atomic mass is 9.97. The Balaban J connectivity index is 1.43. The van der Waals surface area contributed by atoms with Crippen LogP contribution in [0.4, 0.5) is 0 Å². The van der Waals surface area contributed by atoms with Crippen molar-refractivity contribution in [3.63, 3.8) is 0 Å². The first kappa shape index (κ1) is 20.3. The molecule has 1 saturated heterocycles. The Morgan fingerprint density at radius 2 is 2.30 bits per heavy atom. The predicted molar refractivity (Wildman–Crippen MR) is 117 cm³/mol. The standard InChI is InChI=1S/C22H25N5O2S/c1-3-6-17-13-18(9-10-19(17)29-2)22(28)26-11-4-7-16(14-26)15-27-24-21(23-25-27)20-8-5-12-30-20/h3,5,8-10,12-13,16H,1,4,6-7,11,14-15H2,2H3/t16-/m1/s1. The van der Waals surface area contributed by atoms with Gasteiger partial charge in [0, 0.05) is 18.7 Å². The summed E-state index contributed by atoms with van der Waals surface area (Å²) in [5.41, 5.74) is 1.66. The first-order valence-electron chi connectivity index (χ1n) is 10.1. The molecule has 1 amide bonds. The number of nitrogens with zero attached hydrogens (tertiary/aromatic N) is 5. The van der Waals surface area contributed by atoms with Gasteiger partial charge < -0.3 is 9.64 Å². The lowest BCUT2D eigenvalue weighted by Gasteiger charge is -2.32. The number of carbonyl (C=O) groups is 1. The minimum Gasteiger partial charge on any atom is -0.496 e. The number of benzene rings is 1. The van der Waals surface area contributed by atoms with Crippen molar-refractivity contribution in [1.29, 1.82) is 0 Å². The molecule has 156 valence electrons. The van der Waals surface area contributed by atoms with Gasteiger partial charge in [0.25, 0.3) is 5.91 Å². The van der Waals surface area contributed by atoms with Crippen molar-refractivity contribution < 1.29 is 9.53 Å². The molecule has 0 radical (unpaired) electrons. The number of carbonyl (C=O) groups excluding carboxylic acids is 1.